The largest absolute Gasteiger partial charge is 0.442 e. The van der Waals surface area contributed by atoms with Crippen LogP contribution in [-0.4, -0.2) is 35.3 Å². The Morgan fingerprint density at radius 1 is 1.43 bits per heavy atom. The number of ketones is 1. The monoisotopic (exact) mass is 292 g/mol. The number of aromatic nitrogens is 1. The van der Waals surface area contributed by atoms with Gasteiger partial charge in [0.2, 0.25) is 5.78 Å². The molecule has 1 aromatic rings. The quantitative estimate of drug-likeness (QED) is 0.684. The van der Waals surface area contributed by atoms with Gasteiger partial charge < -0.3 is 9.32 Å². The summed E-state index contributed by atoms with van der Waals surface area (Å²) in [7, 11) is 0. The van der Waals surface area contributed by atoms with Crippen molar-refractivity contribution >= 4 is 5.78 Å². The molecule has 0 aromatic carbocycles. The fraction of sp³-hybridized carbons (Fsp3) is 0.765. The van der Waals surface area contributed by atoms with Gasteiger partial charge in [-0.3, -0.25) is 4.79 Å². The van der Waals surface area contributed by atoms with Gasteiger partial charge in [-0.1, -0.05) is 13.8 Å². The molecule has 1 fully saturated rings. The van der Waals surface area contributed by atoms with Crippen molar-refractivity contribution in [3.8, 4) is 0 Å². The van der Waals surface area contributed by atoms with E-state index < -0.39 is 0 Å². The second kappa shape index (κ2) is 8.32. The third kappa shape index (κ3) is 5.62. The zero-order valence-electron chi connectivity index (χ0n) is 13.4. The number of hydrogen-bond acceptors (Lipinski definition) is 4. The van der Waals surface area contributed by atoms with Crippen LogP contribution in [0.1, 0.15) is 63.1 Å². The summed E-state index contributed by atoms with van der Waals surface area (Å²) in [5.41, 5.74) is 0. The van der Waals surface area contributed by atoms with E-state index in [0.29, 0.717) is 6.42 Å². The molecule has 1 aliphatic heterocycles. The number of nitrogens with zero attached hydrogens (tertiary/aromatic N) is 2. The van der Waals surface area contributed by atoms with Gasteiger partial charge in [0, 0.05) is 6.42 Å². The lowest BCUT2D eigenvalue weighted by Gasteiger charge is -2.32. The van der Waals surface area contributed by atoms with Gasteiger partial charge in [0.15, 0.2) is 0 Å². The van der Waals surface area contributed by atoms with Crippen molar-refractivity contribution in [3.63, 3.8) is 0 Å². The molecule has 0 unspecified atom stereocenters. The van der Waals surface area contributed by atoms with Crippen LogP contribution in [0.3, 0.4) is 0 Å². The molecule has 0 spiro atoms. The molecular formula is C17H28N2O2. The predicted molar refractivity (Wildman–Crippen MR) is 83.3 cm³/mol. The first-order valence-electron chi connectivity index (χ1n) is 8.30. The number of likely N-dealkylation sites (tertiary alicyclic amines) is 1. The maximum atomic E-state index is 11.8. The van der Waals surface area contributed by atoms with Crippen LogP contribution < -0.4 is 0 Å². The highest BCUT2D eigenvalue weighted by atomic mass is 16.3. The minimum Gasteiger partial charge on any atom is -0.442 e. The summed E-state index contributed by atoms with van der Waals surface area (Å²) in [6.07, 6.45) is 9.53. The molecule has 0 N–H and O–H groups in total. The van der Waals surface area contributed by atoms with E-state index in [9.17, 15) is 4.79 Å². The van der Waals surface area contributed by atoms with Crippen LogP contribution >= 0.6 is 0 Å². The molecule has 1 aromatic heterocycles. The molecule has 1 saturated heterocycles. The summed E-state index contributed by atoms with van der Waals surface area (Å²) in [5.74, 6) is 1.88. The number of rotatable bonds is 8. The van der Waals surface area contributed by atoms with Crippen LogP contribution in [0, 0.1) is 11.8 Å². The highest BCUT2D eigenvalue weighted by molar-refractivity contribution is 5.91. The van der Waals surface area contributed by atoms with E-state index in [0.717, 1.165) is 24.7 Å². The summed E-state index contributed by atoms with van der Waals surface area (Å²) < 4.78 is 5.03. The predicted octanol–water partition coefficient (Wildman–Crippen LogP) is 3.79. The molecule has 118 valence electrons. The first-order chi connectivity index (χ1) is 10.1. The lowest BCUT2D eigenvalue weighted by Crippen LogP contribution is -2.34. The fourth-order valence-electron chi connectivity index (χ4n) is 2.96. The summed E-state index contributed by atoms with van der Waals surface area (Å²) in [5, 5.41) is 0. The zero-order chi connectivity index (χ0) is 15.1. The Kier molecular flexibility index (Phi) is 6.43. The summed E-state index contributed by atoms with van der Waals surface area (Å²) in [4.78, 5) is 18.3. The summed E-state index contributed by atoms with van der Waals surface area (Å²) >= 11 is 0. The molecule has 0 radical (unpaired) electrons. The minimum absolute atomic E-state index is 0.0365. The smallest absolute Gasteiger partial charge is 0.263 e. The molecule has 2 rings (SSSR count). The van der Waals surface area contributed by atoms with Gasteiger partial charge in [0.1, 0.15) is 6.26 Å². The number of Topliss-reactive ketones (excluding diaryl/α,β-unsaturated/α-hetero) is 1. The van der Waals surface area contributed by atoms with E-state index in [1.54, 1.807) is 0 Å². The van der Waals surface area contributed by atoms with Crippen molar-refractivity contribution in [2.24, 2.45) is 11.8 Å². The Balaban J connectivity index is 1.58. The van der Waals surface area contributed by atoms with Crippen LogP contribution in [0.4, 0.5) is 0 Å². The van der Waals surface area contributed by atoms with Gasteiger partial charge in [0.05, 0.1) is 6.20 Å². The average Bonchev–Trinajstić information content (AvgIpc) is 3.00. The van der Waals surface area contributed by atoms with Crippen molar-refractivity contribution < 1.29 is 9.21 Å². The number of carbonyl (C=O) groups excluding carboxylic acids is 1. The molecule has 21 heavy (non-hydrogen) atoms. The number of carbonyl (C=O) groups is 1. The van der Waals surface area contributed by atoms with Gasteiger partial charge in [-0.15, -0.1) is 0 Å². The third-order valence-electron chi connectivity index (χ3n) is 4.42. The molecule has 0 saturated carbocycles. The molecule has 0 bridgehead atoms. The SMILES string of the molecule is CC(C)CCN1CCC(CCCC(=O)c2ncco2)CC1. The van der Waals surface area contributed by atoms with E-state index in [1.807, 2.05) is 0 Å². The Labute approximate surface area is 127 Å². The van der Waals surface area contributed by atoms with Crippen LogP contribution in [0.2, 0.25) is 0 Å². The lowest BCUT2D eigenvalue weighted by molar-refractivity contribution is 0.0940. The molecular weight excluding hydrogens is 264 g/mol. The van der Waals surface area contributed by atoms with Crippen molar-refractivity contribution in [1.82, 2.24) is 9.88 Å². The second-order valence-corrected chi connectivity index (χ2v) is 6.62. The fourth-order valence-corrected chi connectivity index (χ4v) is 2.96. The minimum atomic E-state index is 0.0365. The zero-order valence-corrected chi connectivity index (χ0v) is 13.4. The topological polar surface area (TPSA) is 46.3 Å². The highest BCUT2D eigenvalue weighted by Crippen LogP contribution is 2.23. The molecule has 1 aliphatic rings. The lowest BCUT2D eigenvalue weighted by atomic mass is 9.91. The molecule has 0 atom stereocenters. The summed E-state index contributed by atoms with van der Waals surface area (Å²) in [6, 6.07) is 0. The van der Waals surface area contributed by atoms with E-state index >= 15 is 0 Å². The van der Waals surface area contributed by atoms with Crippen LogP contribution in [0.5, 0.6) is 0 Å². The van der Waals surface area contributed by atoms with E-state index in [4.69, 9.17) is 4.42 Å². The van der Waals surface area contributed by atoms with Gasteiger partial charge in [-0.25, -0.2) is 4.98 Å². The first-order valence-corrected chi connectivity index (χ1v) is 8.30. The van der Waals surface area contributed by atoms with E-state index in [2.05, 4.69) is 23.7 Å². The van der Waals surface area contributed by atoms with Crippen molar-refractivity contribution in [2.45, 2.75) is 52.4 Å². The standard InChI is InChI=1S/C17H28N2O2/c1-14(2)6-10-19-11-7-15(8-12-19)4-3-5-16(20)17-18-9-13-21-17/h9,13-15H,3-8,10-12H2,1-2H3. The first kappa shape index (κ1) is 16.2. The average molecular weight is 292 g/mol. The van der Waals surface area contributed by atoms with E-state index in [-0.39, 0.29) is 11.7 Å². The van der Waals surface area contributed by atoms with Gasteiger partial charge in [0.25, 0.3) is 5.89 Å². The summed E-state index contributed by atoms with van der Waals surface area (Å²) in [6.45, 7) is 8.28. The third-order valence-corrected chi connectivity index (χ3v) is 4.42. The molecule has 2 heterocycles. The highest BCUT2D eigenvalue weighted by Gasteiger charge is 2.19. The Morgan fingerprint density at radius 3 is 2.81 bits per heavy atom. The molecule has 0 amide bonds. The van der Waals surface area contributed by atoms with Crippen LogP contribution in [0.15, 0.2) is 16.9 Å². The number of piperidine rings is 1. The maximum Gasteiger partial charge on any atom is 0.263 e. The van der Waals surface area contributed by atoms with Crippen LogP contribution in [-0.2, 0) is 0 Å². The van der Waals surface area contributed by atoms with Gasteiger partial charge in [-0.2, -0.15) is 0 Å². The molecule has 4 nitrogen and oxygen atoms in total. The number of hydrogen-bond donors (Lipinski definition) is 0. The number of oxazole rings is 1. The molecule has 4 heteroatoms. The van der Waals surface area contributed by atoms with Crippen molar-refractivity contribution in [2.75, 3.05) is 19.6 Å². The van der Waals surface area contributed by atoms with Gasteiger partial charge >= 0.3 is 0 Å². The molecule has 0 aliphatic carbocycles. The van der Waals surface area contributed by atoms with Crippen molar-refractivity contribution in [1.29, 1.82) is 0 Å². The maximum absolute atomic E-state index is 11.8. The Bertz CT molecular complexity index is 406. The normalized spacial score (nSPS) is 17.5. The van der Waals surface area contributed by atoms with E-state index in [1.165, 1.54) is 51.4 Å². The van der Waals surface area contributed by atoms with Crippen LogP contribution in [0.25, 0.3) is 0 Å². The van der Waals surface area contributed by atoms with Gasteiger partial charge in [-0.05, 0) is 63.6 Å². The Morgan fingerprint density at radius 2 is 2.19 bits per heavy atom. The Hall–Kier alpha value is -1.16. The van der Waals surface area contributed by atoms with Crippen molar-refractivity contribution in [3.05, 3.63) is 18.4 Å². The second-order valence-electron chi connectivity index (χ2n) is 6.62.